The van der Waals surface area contributed by atoms with E-state index in [0.717, 1.165) is 0 Å². The highest BCUT2D eigenvalue weighted by molar-refractivity contribution is 7.88. The summed E-state index contributed by atoms with van der Waals surface area (Å²) in [7, 11) is -4.93. The van der Waals surface area contributed by atoms with Gasteiger partial charge >= 0.3 is 0 Å². The van der Waals surface area contributed by atoms with E-state index in [1.54, 1.807) is 0 Å². The van der Waals surface area contributed by atoms with Crippen molar-refractivity contribution in [2.75, 3.05) is 0 Å². The molecule has 0 N–H and O–H groups in total. The minimum Gasteiger partial charge on any atom is -0.422 e. The fraction of sp³-hybridized carbons (Fsp3) is 0.964. The van der Waals surface area contributed by atoms with Gasteiger partial charge in [0, 0.05) is 6.42 Å². The standard InChI is InChI=1S/C28H62O2Si4/c1-11-31(12-2,13-3)34(32(14-4,15-5)16-6,33(17-7,18-8)19-9)30-28(25-26(10)29)27-23-21-20-22-24-27/h27-28H,11-25H2,1-10H3. The Labute approximate surface area is 218 Å². The molecule has 1 unspecified atom stereocenters. The van der Waals surface area contributed by atoms with Crippen LogP contribution in [-0.4, -0.2) is 41.5 Å². The Kier molecular flexibility index (Phi) is 13.8. The van der Waals surface area contributed by atoms with Crippen molar-refractivity contribution in [2.45, 2.75) is 168 Å². The first-order valence-corrected chi connectivity index (χ1v) is 28.1. The van der Waals surface area contributed by atoms with Gasteiger partial charge in [-0.1, -0.05) is 136 Å². The number of Topliss-reactive ketones (excluding diaryl/α,β-unsaturated/α-hetero) is 1. The average molecular weight is 543 g/mol. The highest BCUT2D eigenvalue weighted by atomic mass is 29.9. The molecule has 0 heterocycles. The first kappa shape index (κ1) is 32.5. The fourth-order valence-electron chi connectivity index (χ4n) is 8.87. The Morgan fingerprint density at radius 2 is 0.971 bits per heavy atom. The summed E-state index contributed by atoms with van der Waals surface area (Å²) in [6, 6.07) is 12.7. The lowest BCUT2D eigenvalue weighted by Gasteiger charge is -2.65. The van der Waals surface area contributed by atoms with Gasteiger partial charge in [-0.25, -0.2) is 0 Å². The Hall–Kier alpha value is 0.498. The summed E-state index contributed by atoms with van der Waals surface area (Å²) in [6.45, 7) is 22.8. The molecule has 6 heteroatoms. The Morgan fingerprint density at radius 3 is 1.24 bits per heavy atom. The molecule has 1 aliphatic rings. The lowest BCUT2D eigenvalue weighted by Crippen LogP contribution is -2.90. The van der Waals surface area contributed by atoms with Crippen LogP contribution in [0.2, 0.25) is 54.4 Å². The van der Waals surface area contributed by atoms with E-state index in [0.29, 0.717) is 18.1 Å². The Bertz CT molecular complexity index is 516. The van der Waals surface area contributed by atoms with Crippen LogP contribution >= 0.6 is 0 Å². The molecule has 0 spiro atoms. The van der Waals surface area contributed by atoms with Crippen molar-refractivity contribution in [3.63, 3.8) is 0 Å². The van der Waals surface area contributed by atoms with Gasteiger partial charge in [-0.05, 0) is 25.7 Å². The van der Waals surface area contributed by atoms with Crippen LogP contribution < -0.4 is 0 Å². The first-order chi connectivity index (χ1) is 16.2. The van der Waals surface area contributed by atoms with Gasteiger partial charge in [0.2, 0.25) is 0 Å². The maximum atomic E-state index is 12.7. The molecular weight excluding hydrogens is 481 g/mol. The third kappa shape index (κ3) is 5.66. The van der Waals surface area contributed by atoms with Gasteiger partial charge in [0.05, 0.1) is 28.9 Å². The van der Waals surface area contributed by atoms with Crippen molar-refractivity contribution in [2.24, 2.45) is 5.92 Å². The fourth-order valence-corrected chi connectivity index (χ4v) is 109. The number of hydrogen-bond donors (Lipinski definition) is 0. The summed E-state index contributed by atoms with van der Waals surface area (Å²) in [5, 5.41) is 0. The van der Waals surface area contributed by atoms with Crippen molar-refractivity contribution >= 4 is 35.4 Å². The van der Waals surface area contributed by atoms with Gasteiger partial charge in [0.25, 0.3) is 0 Å². The van der Waals surface area contributed by atoms with Gasteiger partial charge in [-0.15, -0.1) is 0 Å². The molecule has 0 bridgehead atoms. The number of carbonyl (C=O) groups excluding carboxylic acids is 1. The van der Waals surface area contributed by atoms with E-state index in [1.165, 1.54) is 86.5 Å². The van der Waals surface area contributed by atoms with Crippen LogP contribution in [-0.2, 0) is 9.22 Å². The lowest BCUT2D eigenvalue weighted by atomic mass is 9.84. The zero-order chi connectivity index (χ0) is 26.0. The maximum absolute atomic E-state index is 12.7. The van der Waals surface area contributed by atoms with Crippen molar-refractivity contribution in [3.05, 3.63) is 0 Å². The van der Waals surface area contributed by atoms with E-state index in [1.807, 2.05) is 6.92 Å². The van der Waals surface area contributed by atoms with E-state index >= 15 is 0 Å². The van der Waals surface area contributed by atoms with Crippen molar-refractivity contribution in [1.29, 1.82) is 0 Å². The summed E-state index contributed by atoms with van der Waals surface area (Å²) in [4.78, 5) is 12.7. The normalized spacial score (nSPS) is 17.7. The number of ketones is 1. The van der Waals surface area contributed by atoms with Gasteiger partial charge in [-0.3, -0.25) is 4.79 Å². The average Bonchev–Trinajstić information content (AvgIpc) is 2.87. The van der Waals surface area contributed by atoms with E-state index < -0.39 is 29.6 Å². The molecule has 1 aliphatic carbocycles. The summed E-state index contributed by atoms with van der Waals surface area (Å²) >= 11 is 0. The van der Waals surface area contributed by atoms with Gasteiger partial charge in [0.15, 0.2) is 6.87 Å². The number of rotatable bonds is 17. The highest BCUT2D eigenvalue weighted by Crippen LogP contribution is 2.52. The molecule has 0 radical (unpaired) electrons. The first-order valence-electron chi connectivity index (χ1n) is 15.4. The molecule has 1 rings (SSSR count). The van der Waals surface area contributed by atoms with Crippen LogP contribution in [0, 0.1) is 5.92 Å². The number of hydrogen-bond acceptors (Lipinski definition) is 2. The summed E-state index contributed by atoms with van der Waals surface area (Å²) in [5.41, 5.74) is 0. The second kappa shape index (κ2) is 14.4. The predicted octanol–water partition coefficient (Wildman–Crippen LogP) is 9.64. The molecule has 2 nitrogen and oxygen atoms in total. The van der Waals surface area contributed by atoms with Gasteiger partial charge in [0.1, 0.15) is 5.78 Å². The van der Waals surface area contributed by atoms with E-state index in [2.05, 4.69) is 62.3 Å². The molecule has 0 aliphatic heterocycles. The van der Waals surface area contributed by atoms with Crippen molar-refractivity contribution < 1.29 is 9.22 Å². The largest absolute Gasteiger partial charge is 0.422 e. The molecule has 1 fully saturated rings. The quantitative estimate of drug-likeness (QED) is 0.171. The third-order valence-electron chi connectivity index (χ3n) is 11.3. The van der Waals surface area contributed by atoms with Crippen molar-refractivity contribution in [1.82, 2.24) is 0 Å². The van der Waals surface area contributed by atoms with Crippen LogP contribution in [0.1, 0.15) is 108 Å². The Balaban J connectivity index is 4.10. The molecule has 0 aromatic heterocycles. The van der Waals surface area contributed by atoms with E-state index in [9.17, 15) is 4.79 Å². The number of carbonyl (C=O) groups is 1. The minimum absolute atomic E-state index is 0.217. The smallest absolute Gasteiger partial charge is 0.160 e. The second-order valence-corrected chi connectivity index (χ2v) is 47.7. The molecular formula is C28H62O2Si4. The zero-order valence-electron chi connectivity index (χ0n) is 25.1. The van der Waals surface area contributed by atoms with Crippen LogP contribution in [0.3, 0.4) is 0 Å². The molecule has 0 aromatic carbocycles. The lowest BCUT2D eigenvalue weighted by molar-refractivity contribution is -0.119. The van der Waals surface area contributed by atoms with Crippen LogP contribution in [0.4, 0.5) is 0 Å². The minimum atomic E-state index is -2.08. The van der Waals surface area contributed by atoms with Crippen LogP contribution in [0.25, 0.3) is 0 Å². The molecule has 34 heavy (non-hydrogen) atoms. The summed E-state index contributed by atoms with van der Waals surface area (Å²) < 4.78 is 8.31. The molecule has 0 amide bonds. The SMILES string of the molecule is CC[Si](CC)(CC)[Si](OC(CC(C)=O)C1CCCCC1)([Si](CC)(CC)CC)[Si](CC)(CC)CC. The molecule has 1 saturated carbocycles. The monoisotopic (exact) mass is 542 g/mol. The topological polar surface area (TPSA) is 26.3 Å². The van der Waals surface area contributed by atoms with Gasteiger partial charge in [-0.2, -0.15) is 0 Å². The molecule has 202 valence electrons. The van der Waals surface area contributed by atoms with Gasteiger partial charge < -0.3 is 4.43 Å². The van der Waals surface area contributed by atoms with Crippen molar-refractivity contribution in [3.8, 4) is 0 Å². The predicted molar refractivity (Wildman–Crippen MR) is 164 cm³/mol. The van der Waals surface area contributed by atoms with E-state index in [-0.39, 0.29) is 6.10 Å². The maximum Gasteiger partial charge on any atom is 0.160 e. The third-order valence-corrected chi connectivity index (χ3v) is 81.3. The zero-order valence-corrected chi connectivity index (χ0v) is 29.1. The molecule has 0 aromatic rings. The highest BCUT2D eigenvalue weighted by Gasteiger charge is 2.72. The summed E-state index contributed by atoms with van der Waals surface area (Å²) in [6.07, 6.45) is 7.53. The van der Waals surface area contributed by atoms with Crippen LogP contribution in [0.15, 0.2) is 0 Å². The summed E-state index contributed by atoms with van der Waals surface area (Å²) in [5.74, 6) is 0.986. The second-order valence-electron chi connectivity index (χ2n) is 11.7. The Morgan fingerprint density at radius 1 is 0.647 bits per heavy atom. The molecule has 0 saturated heterocycles. The van der Waals surface area contributed by atoms with Crippen LogP contribution in [0.5, 0.6) is 0 Å². The molecule has 1 atom stereocenters. The van der Waals surface area contributed by atoms with E-state index in [4.69, 9.17) is 4.43 Å².